The normalized spacial score (nSPS) is 10.3. The number of carbonyl (C=O) groups excluding carboxylic acids is 1. The van der Waals surface area contributed by atoms with Gasteiger partial charge in [0, 0.05) is 21.6 Å². The molecule has 0 spiro atoms. The first-order valence-electron chi connectivity index (χ1n) is 5.85. The minimum absolute atomic E-state index is 0.124. The summed E-state index contributed by atoms with van der Waals surface area (Å²) in [7, 11) is 0. The standard InChI is InChI=1S/C15H13BrClNO/c1-10-6-12(8-13(17)7-10)15(19)18-9-11-4-2-3-5-14(11)16/h2-8H,9H2,1H3,(H,18,19). The van der Waals surface area contributed by atoms with Gasteiger partial charge in [-0.3, -0.25) is 4.79 Å². The summed E-state index contributed by atoms with van der Waals surface area (Å²) < 4.78 is 0.984. The molecule has 1 amide bonds. The monoisotopic (exact) mass is 337 g/mol. The topological polar surface area (TPSA) is 29.1 Å². The van der Waals surface area contributed by atoms with Crippen LogP contribution in [0.2, 0.25) is 5.02 Å². The van der Waals surface area contributed by atoms with Gasteiger partial charge in [0.05, 0.1) is 0 Å². The highest BCUT2D eigenvalue weighted by molar-refractivity contribution is 9.10. The fraction of sp³-hybridized carbons (Fsp3) is 0.133. The van der Waals surface area contributed by atoms with E-state index in [9.17, 15) is 4.79 Å². The van der Waals surface area contributed by atoms with Crippen LogP contribution >= 0.6 is 27.5 Å². The number of nitrogens with one attached hydrogen (secondary N) is 1. The zero-order chi connectivity index (χ0) is 13.8. The fourth-order valence-corrected chi connectivity index (χ4v) is 2.50. The second-order valence-electron chi connectivity index (χ2n) is 4.29. The highest BCUT2D eigenvalue weighted by Gasteiger charge is 2.07. The summed E-state index contributed by atoms with van der Waals surface area (Å²) in [6.07, 6.45) is 0. The first-order chi connectivity index (χ1) is 9.06. The van der Waals surface area contributed by atoms with Gasteiger partial charge in [-0.15, -0.1) is 0 Å². The minimum atomic E-state index is -0.124. The summed E-state index contributed by atoms with van der Waals surface area (Å²) in [6.45, 7) is 2.39. The van der Waals surface area contributed by atoms with Crippen LogP contribution < -0.4 is 5.32 Å². The van der Waals surface area contributed by atoms with Crippen molar-refractivity contribution in [2.45, 2.75) is 13.5 Å². The van der Waals surface area contributed by atoms with Crippen LogP contribution in [0.3, 0.4) is 0 Å². The average molecular weight is 339 g/mol. The molecule has 2 nitrogen and oxygen atoms in total. The van der Waals surface area contributed by atoms with E-state index in [1.165, 1.54) is 0 Å². The predicted octanol–water partition coefficient (Wildman–Crippen LogP) is 4.34. The van der Waals surface area contributed by atoms with Gasteiger partial charge in [0.15, 0.2) is 0 Å². The van der Waals surface area contributed by atoms with Crippen LogP contribution in [-0.2, 0) is 6.54 Å². The van der Waals surface area contributed by atoms with Crippen molar-refractivity contribution in [1.29, 1.82) is 0 Å². The van der Waals surface area contributed by atoms with Crippen molar-refractivity contribution in [3.8, 4) is 0 Å². The van der Waals surface area contributed by atoms with Gasteiger partial charge in [0.1, 0.15) is 0 Å². The second-order valence-corrected chi connectivity index (χ2v) is 5.58. The molecule has 0 saturated heterocycles. The van der Waals surface area contributed by atoms with Crippen molar-refractivity contribution < 1.29 is 4.79 Å². The molecule has 0 atom stereocenters. The Bertz CT molecular complexity index is 593. The molecule has 1 N–H and O–H groups in total. The number of aryl methyl sites for hydroxylation is 1. The molecule has 2 rings (SSSR count). The number of carbonyl (C=O) groups is 1. The van der Waals surface area contributed by atoms with E-state index in [4.69, 9.17) is 11.6 Å². The van der Waals surface area contributed by atoms with Gasteiger partial charge in [0.2, 0.25) is 0 Å². The number of benzene rings is 2. The van der Waals surface area contributed by atoms with Crippen LogP contribution in [0.1, 0.15) is 21.5 Å². The van der Waals surface area contributed by atoms with E-state index in [0.717, 1.165) is 15.6 Å². The Morgan fingerprint density at radius 2 is 2.00 bits per heavy atom. The molecule has 2 aromatic carbocycles. The Hall–Kier alpha value is -1.32. The first kappa shape index (κ1) is 14.1. The van der Waals surface area contributed by atoms with Gasteiger partial charge in [-0.2, -0.15) is 0 Å². The zero-order valence-corrected chi connectivity index (χ0v) is 12.8. The molecule has 98 valence electrons. The number of halogens is 2. The van der Waals surface area contributed by atoms with Gasteiger partial charge < -0.3 is 5.32 Å². The zero-order valence-electron chi connectivity index (χ0n) is 10.4. The van der Waals surface area contributed by atoms with Crippen molar-refractivity contribution in [3.63, 3.8) is 0 Å². The third kappa shape index (κ3) is 3.82. The van der Waals surface area contributed by atoms with Crippen LogP contribution in [0.15, 0.2) is 46.9 Å². The lowest BCUT2D eigenvalue weighted by molar-refractivity contribution is 0.0951. The Morgan fingerprint density at radius 1 is 1.26 bits per heavy atom. The fourth-order valence-electron chi connectivity index (χ4n) is 1.79. The highest BCUT2D eigenvalue weighted by Crippen LogP contribution is 2.17. The number of hydrogen-bond acceptors (Lipinski definition) is 1. The van der Waals surface area contributed by atoms with Crippen LogP contribution in [0.5, 0.6) is 0 Å². The van der Waals surface area contributed by atoms with Gasteiger partial charge >= 0.3 is 0 Å². The average Bonchev–Trinajstić information content (AvgIpc) is 2.36. The Balaban J connectivity index is 2.08. The van der Waals surface area contributed by atoms with Gasteiger partial charge in [0.25, 0.3) is 5.91 Å². The largest absolute Gasteiger partial charge is 0.348 e. The van der Waals surface area contributed by atoms with Crippen molar-refractivity contribution in [2.75, 3.05) is 0 Å². The maximum atomic E-state index is 12.0. The highest BCUT2D eigenvalue weighted by atomic mass is 79.9. The Kier molecular flexibility index (Phi) is 4.61. The molecule has 0 radical (unpaired) electrons. The molecule has 19 heavy (non-hydrogen) atoms. The van der Waals surface area contributed by atoms with E-state index < -0.39 is 0 Å². The molecule has 4 heteroatoms. The summed E-state index contributed by atoms with van der Waals surface area (Å²) in [4.78, 5) is 12.0. The van der Waals surface area contributed by atoms with E-state index >= 15 is 0 Å². The summed E-state index contributed by atoms with van der Waals surface area (Å²) in [5.41, 5.74) is 2.59. The Morgan fingerprint density at radius 3 is 2.68 bits per heavy atom. The minimum Gasteiger partial charge on any atom is -0.348 e. The van der Waals surface area contributed by atoms with E-state index in [2.05, 4.69) is 21.2 Å². The molecule has 0 aromatic heterocycles. The lowest BCUT2D eigenvalue weighted by Crippen LogP contribution is -2.23. The number of rotatable bonds is 3. The molecule has 0 aliphatic heterocycles. The lowest BCUT2D eigenvalue weighted by Gasteiger charge is -2.08. The maximum Gasteiger partial charge on any atom is 0.251 e. The molecule has 0 heterocycles. The molecule has 0 fully saturated rings. The molecule has 0 saturated carbocycles. The van der Waals surface area contributed by atoms with Crippen LogP contribution in [0.4, 0.5) is 0 Å². The van der Waals surface area contributed by atoms with Crippen molar-refractivity contribution in [2.24, 2.45) is 0 Å². The molecule has 0 unspecified atom stereocenters. The maximum absolute atomic E-state index is 12.0. The second kappa shape index (κ2) is 6.22. The van der Waals surface area contributed by atoms with Gasteiger partial charge in [-0.25, -0.2) is 0 Å². The third-order valence-corrected chi connectivity index (χ3v) is 3.69. The first-order valence-corrected chi connectivity index (χ1v) is 7.02. The molecule has 0 bridgehead atoms. The van der Waals surface area contributed by atoms with Crippen molar-refractivity contribution in [3.05, 3.63) is 68.7 Å². The molecule has 0 aliphatic carbocycles. The molecular formula is C15H13BrClNO. The van der Waals surface area contributed by atoms with Crippen LogP contribution in [0, 0.1) is 6.92 Å². The number of hydrogen-bond donors (Lipinski definition) is 1. The van der Waals surface area contributed by atoms with Crippen molar-refractivity contribution in [1.82, 2.24) is 5.32 Å². The number of amides is 1. The molecular weight excluding hydrogens is 326 g/mol. The summed E-state index contributed by atoms with van der Waals surface area (Å²) in [5, 5.41) is 3.46. The third-order valence-electron chi connectivity index (χ3n) is 2.70. The van der Waals surface area contributed by atoms with E-state index in [1.54, 1.807) is 6.07 Å². The molecule has 0 aliphatic rings. The predicted molar refractivity (Wildman–Crippen MR) is 81.5 cm³/mol. The van der Waals surface area contributed by atoms with Gasteiger partial charge in [-0.1, -0.05) is 45.7 Å². The van der Waals surface area contributed by atoms with Crippen LogP contribution in [-0.4, -0.2) is 5.91 Å². The van der Waals surface area contributed by atoms with E-state index in [0.29, 0.717) is 17.1 Å². The molecule has 2 aromatic rings. The van der Waals surface area contributed by atoms with E-state index in [1.807, 2.05) is 43.3 Å². The smallest absolute Gasteiger partial charge is 0.251 e. The SMILES string of the molecule is Cc1cc(Cl)cc(C(=O)NCc2ccccc2Br)c1. The summed E-state index contributed by atoms with van der Waals surface area (Å²) in [6, 6.07) is 13.1. The van der Waals surface area contributed by atoms with E-state index in [-0.39, 0.29) is 5.91 Å². The van der Waals surface area contributed by atoms with Gasteiger partial charge in [-0.05, 0) is 42.3 Å². The van der Waals surface area contributed by atoms with Crippen LogP contribution in [0.25, 0.3) is 0 Å². The summed E-state index contributed by atoms with van der Waals surface area (Å²) >= 11 is 9.40. The quantitative estimate of drug-likeness (QED) is 0.886. The van der Waals surface area contributed by atoms with Crippen molar-refractivity contribution >= 4 is 33.4 Å². The lowest BCUT2D eigenvalue weighted by atomic mass is 10.1. The Labute approximate surface area is 125 Å². The summed E-state index contributed by atoms with van der Waals surface area (Å²) in [5.74, 6) is -0.124.